The Bertz CT molecular complexity index is 1030. The van der Waals surface area contributed by atoms with Gasteiger partial charge in [-0.2, -0.15) is 5.26 Å². The molecule has 2 N–H and O–H groups in total. The highest BCUT2D eigenvalue weighted by atomic mass is 35.5. The molecule has 2 aromatic carbocycles. The summed E-state index contributed by atoms with van der Waals surface area (Å²) in [5, 5.41) is 24.8. The van der Waals surface area contributed by atoms with Gasteiger partial charge in [-0.3, -0.25) is 19.7 Å². The third-order valence-electron chi connectivity index (χ3n) is 3.80. The lowest BCUT2D eigenvalue weighted by Gasteiger charge is -2.21. The topological polar surface area (TPSA) is 125 Å². The number of rotatable bonds is 3. The van der Waals surface area contributed by atoms with E-state index in [1.165, 1.54) is 23.9 Å². The number of amides is 2. The molecule has 0 aromatic heterocycles. The zero-order chi connectivity index (χ0) is 19.7. The van der Waals surface area contributed by atoms with Crippen molar-refractivity contribution < 1.29 is 14.5 Å². The summed E-state index contributed by atoms with van der Waals surface area (Å²) in [7, 11) is 0. The van der Waals surface area contributed by atoms with Crippen LogP contribution in [0.4, 0.5) is 17.1 Å². The van der Waals surface area contributed by atoms with Crippen molar-refractivity contribution in [2.24, 2.45) is 0 Å². The van der Waals surface area contributed by atoms with Crippen molar-refractivity contribution in [1.29, 1.82) is 5.26 Å². The molecule has 0 aliphatic carbocycles. The van der Waals surface area contributed by atoms with Crippen molar-refractivity contribution in [1.82, 2.24) is 0 Å². The number of nitro groups is 1. The molecular formula is C17H11ClN4O4S. The molecule has 27 heavy (non-hydrogen) atoms. The second-order valence-corrected chi connectivity index (χ2v) is 7.40. The van der Waals surface area contributed by atoms with E-state index in [0.717, 1.165) is 11.0 Å². The maximum absolute atomic E-state index is 12.5. The van der Waals surface area contributed by atoms with Crippen molar-refractivity contribution in [3.8, 4) is 6.07 Å². The Labute approximate surface area is 162 Å². The quantitative estimate of drug-likeness (QED) is 0.594. The van der Waals surface area contributed by atoms with E-state index in [2.05, 4.69) is 10.6 Å². The highest BCUT2D eigenvalue weighted by Gasteiger charge is 2.24. The largest absolute Gasteiger partial charge is 0.324 e. The van der Waals surface area contributed by atoms with Gasteiger partial charge in [-0.15, -0.1) is 11.8 Å². The number of hydrogen-bond donors (Lipinski definition) is 2. The molecule has 1 aliphatic rings. The first-order valence-corrected chi connectivity index (χ1v) is 8.87. The van der Waals surface area contributed by atoms with E-state index in [0.29, 0.717) is 5.69 Å². The second-order valence-electron chi connectivity index (χ2n) is 5.64. The number of hydrogen-bond acceptors (Lipinski definition) is 6. The molecule has 136 valence electrons. The molecule has 0 saturated carbocycles. The Morgan fingerprint density at radius 2 is 2.15 bits per heavy atom. The third-order valence-corrected chi connectivity index (χ3v) is 5.37. The first-order valence-electron chi connectivity index (χ1n) is 7.61. The number of halogens is 1. The minimum atomic E-state index is -0.731. The maximum Gasteiger partial charge on any atom is 0.291 e. The average Bonchev–Trinajstić information content (AvgIpc) is 2.63. The van der Waals surface area contributed by atoms with Gasteiger partial charge in [-0.1, -0.05) is 11.6 Å². The fraction of sp³-hybridized carbons (Fsp3) is 0.118. The highest BCUT2D eigenvalue weighted by molar-refractivity contribution is 8.00. The van der Waals surface area contributed by atoms with Gasteiger partial charge >= 0.3 is 0 Å². The normalized spacial score (nSPS) is 15.3. The SMILES string of the molecule is C[C@H]1Sc2ccc(C(=O)Nc3cc(C#N)cc([N+](=O)[O-])c3Cl)cc2NC1=O. The van der Waals surface area contributed by atoms with Crippen LogP contribution < -0.4 is 10.6 Å². The van der Waals surface area contributed by atoms with Crippen LogP contribution in [0.3, 0.4) is 0 Å². The summed E-state index contributed by atoms with van der Waals surface area (Å²) in [6, 6.07) is 8.87. The molecular weight excluding hydrogens is 392 g/mol. The molecule has 2 aromatic rings. The molecule has 3 rings (SSSR count). The number of nitrogens with zero attached hydrogens (tertiary/aromatic N) is 2. The first-order chi connectivity index (χ1) is 12.8. The smallest absolute Gasteiger partial charge is 0.291 e. The van der Waals surface area contributed by atoms with Gasteiger partial charge in [-0.25, -0.2) is 0 Å². The van der Waals surface area contributed by atoms with Gasteiger partial charge in [-0.05, 0) is 31.2 Å². The fourth-order valence-corrected chi connectivity index (χ4v) is 3.60. The number of carbonyl (C=O) groups excluding carboxylic acids is 2. The standard InChI is InChI=1S/C17H11ClN4O4S/c1-8-16(23)20-11-6-10(2-3-14(11)27-8)17(24)21-12-4-9(7-19)5-13(15(12)18)22(25)26/h2-6,8H,1H3,(H,20,23)(H,21,24)/t8-/m1/s1. The van der Waals surface area contributed by atoms with Crippen LogP contribution in [0.25, 0.3) is 0 Å². The van der Waals surface area contributed by atoms with Crippen LogP contribution >= 0.6 is 23.4 Å². The summed E-state index contributed by atoms with van der Waals surface area (Å²) in [6.45, 7) is 1.78. The summed E-state index contributed by atoms with van der Waals surface area (Å²) in [6.07, 6.45) is 0. The molecule has 1 heterocycles. The lowest BCUT2D eigenvalue weighted by atomic mass is 10.1. The lowest BCUT2D eigenvalue weighted by Crippen LogP contribution is -2.26. The zero-order valence-corrected chi connectivity index (χ0v) is 15.4. The molecule has 0 unspecified atom stereocenters. The van der Waals surface area contributed by atoms with Crippen LogP contribution in [0.5, 0.6) is 0 Å². The van der Waals surface area contributed by atoms with E-state index < -0.39 is 16.5 Å². The zero-order valence-electron chi connectivity index (χ0n) is 13.8. The summed E-state index contributed by atoms with van der Waals surface area (Å²) < 4.78 is 0. The van der Waals surface area contributed by atoms with E-state index >= 15 is 0 Å². The van der Waals surface area contributed by atoms with Crippen LogP contribution in [0.15, 0.2) is 35.2 Å². The number of carbonyl (C=O) groups is 2. The molecule has 0 spiro atoms. The molecule has 10 heteroatoms. The summed E-state index contributed by atoms with van der Waals surface area (Å²) >= 11 is 7.37. The summed E-state index contributed by atoms with van der Waals surface area (Å²) in [5.41, 5.74) is 0.208. The van der Waals surface area contributed by atoms with E-state index in [4.69, 9.17) is 16.9 Å². The average molecular weight is 403 g/mol. The van der Waals surface area contributed by atoms with Crippen molar-refractivity contribution in [2.75, 3.05) is 10.6 Å². The molecule has 1 atom stereocenters. The van der Waals surface area contributed by atoms with E-state index in [9.17, 15) is 19.7 Å². The minimum Gasteiger partial charge on any atom is -0.324 e. The van der Waals surface area contributed by atoms with Crippen molar-refractivity contribution >= 4 is 52.2 Å². The van der Waals surface area contributed by atoms with Gasteiger partial charge in [0.25, 0.3) is 11.6 Å². The summed E-state index contributed by atoms with van der Waals surface area (Å²) in [4.78, 5) is 35.5. The van der Waals surface area contributed by atoms with Gasteiger partial charge in [0, 0.05) is 16.5 Å². The van der Waals surface area contributed by atoms with Gasteiger partial charge in [0.2, 0.25) is 5.91 Å². The van der Waals surface area contributed by atoms with E-state index in [-0.39, 0.29) is 33.0 Å². The first kappa shape index (κ1) is 18.7. The number of fused-ring (bicyclic) bond motifs is 1. The predicted molar refractivity (Wildman–Crippen MR) is 101 cm³/mol. The van der Waals surface area contributed by atoms with Gasteiger partial charge < -0.3 is 10.6 Å². The van der Waals surface area contributed by atoms with Gasteiger partial charge in [0.05, 0.1) is 33.2 Å². The Morgan fingerprint density at radius 3 is 2.81 bits per heavy atom. The molecule has 0 saturated heterocycles. The van der Waals surface area contributed by atoms with Crippen molar-refractivity contribution in [3.63, 3.8) is 0 Å². The summed E-state index contributed by atoms with van der Waals surface area (Å²) in [5.74, 6) is -0.743. The molecule has 0 bridgehead atoms. The van der Waals surface area contributed by atoms with Crippen LogP contribution in [-0.4, -0.2) is 22.0 Å². The number of anilines is 2. The lowest BCUT2D eigenvalue weighted by molar-refractivity contribution is -0.384. The van der Waals surface area contributed by atoms with Crippen LogP contribution in [-0.2, 0) is 4.79 Å². The fourth-order valence-electron chi connectivity index (χ4n) is 2.44. The minimum absolute atomic E-state index is 0.00973. The molecule has 0 radical (unpaired) electrons. The van der Waals surface area contributed by atoms with Crippen LogP contribution in [0.1, 0.15) is 22.8 Å². The van der Waals surface area contributed by atoms with Gasteiger partial charge in [0.15, 0.2) is 0 Å². The number of thioether (sulfide) groups is 1. The van der Waals surface area contributed by atoms with Gasteiger partial charge in [0.1, 0.15) is 5.02 Å². The van der Waals surface area contributed by atoms with Crippen LogP contribution in [0, 0.1) is 21.4 Å². The number of nitro benzene ring substituents is 1. The maximum atomic E-state index is 12.5. The number of nitrogens with one attached hydrogen (secondary N) is 2. The van der Waals surface area contributed by atoms with Crippen LogP contribution in [0.2, 0.25) is 5.02 Å². The monoisotopic (exact) mass is 402 g/mol. The Balaban J connectivity index is 1.92. The van der Waals surface area contributed by atoms with Crippen molar-refractivity contribution in [2.45, 2.75) is 17.1 Å². The predicted octanol–water partition coefficient (Wildman–Crippen LogP) is 3.80. The molecule has 8 nitrogen and oxygen atoms in total. The van der Waals surface area contributed by atoms with E-state index in [1.807, 2.05) is 0 Å². The molecule has 0 fully saturated rings. The van der Waals surface area contributed by atoms with Crippen molar-refractivity contribution in [3.05, 3.63) is 56.6 Å². The third kappa shape index (κ3) is 3.72. The Morgan fingerprint density at radius 1 is 1.41 bits per heavy atom. The number of nitriles is 1. The molecule has 2 amide bonds. The number of benzene rings is 2. The second kappa shape index (κ2) is 7.26. The van der Waals surface area contributed by atoms with E-state index in [1.54, 1.807) is 25.1 Å². The Hall–Kier alpha value is -3.09. The Kier molecular flexibility index (Phi) is 5.03. The molecule has 1 aliphatic heterocycles. The highest BCUT2D eigenvalue weighted by Crippen LogP contribution is 2.37.